The van der Waals surface area contributed by atoms with Crippen LogP contribution in [0.4, 0.5) is 22.7 Å². The van der Waals surface area contributed by atoms with E-state index in [9.17, 15) is 26.5 Å². The van der Waals surface area contributed by atoms with Crippen LogP contribution in [0.25, 0.3) is 10.8 Å². The van der Waals surface area contributed by atoms with E-state index in [2.05, 4.69) is 24.6 Å². The number of phenols is 1. The molecular formula is C19H19N5O7S2. The molecule has 0 bridgehead atoms. The van der Waals surface area contributed by atoms with Gasteiger partial charge in [-0.2, -0.15) is 32.2 Å². The maximum Gasteiger partial charge on any atom is 0.297 e. The predicted molar refractivity (Wildman–Crippen MR) is 121 cm³/mol. The van der Waals surface area contributed by atoms with Gasteiger partial charge in [0.15, 0.2) is 5.75 Å². The number of nitrogens with two attached hydrogens (primary N) is 1. The van der Waals surface area contributed by atoms with Gasteiger partial charge in [-0.3, -0.25) is 8.74 Å². The van der Waals surface area contributed by atoms with Crippen molar-refractivity contribution in [1.29, 1.82) is 0 Å². The molecule has 4 N–H and O–H groups in total. The Morgan fingerprint density at radius 2 is 1.70 bits per heavy atom. The first-order valence-electron chi connectivity index (χ1n) is 9.12. The fourth-order valence-corrected chi connectivity index (χ4v) is 4.57. The number of fused-ring (bicyclic) bond motifs is 1. The molecule has 174 valence electrons. The fourth-order valence-electron chi connectivity index (χ4n) is 3.10. The number of phenolic OH excluding ortho intramolecular Hbond substituents is 1. The normalized spacial score (nSPS) is 12.8. The standard InChI is InChI=1S/C19H19N5O7S2/c1-21-23-14-9-15(33(29,30)31-2)13-8-11(10-32(26,27)28)18(19(25)16(13)17(14)20)24-22-12-6-4-3-5-7-12/h3-9,25H,10,20H2,1-2H3,(H,26,27,28). The number of nitrogens with zero attached hydrogens (tertiary/aromatic N) is 4. The lowest BCUT2D eigenvalue weighted by atomic mass is 10.0. The molecule has 3 rings (SSSR count). The summed E-state index contributed by atoms with van der Waals surface area (Å²) in [5.41, 5.74) is 5.74. The summed E-state index contributed by atoms with van der Waals surface area (Å²) in [4.78, 5) is -0.449. The number of aromatic hydroxyl groups is 1. The molecule has 0 amide bonds. The maximum absolute atomic E-state index is 12.6. The lowest BCUT2D eigenvalue weighted by molar-refractivity contribution is 0.398. The van der Waals surface area contributed by atoms with Crippen LogP contribution >= 0.6 is 0 Å². The summed E-state index contributed by atoms with van der Waals surface area (Å²) in [7, 11) is -6.70. The van der Waals surface area contributed by atoms with Gasteiger partial charge in [-0.25, -0.2) is 0 Å². The van der Waals surface area contributed by atoms with Gasteiger partial charge in [-0.1, -0.05) is 18.2 Å². The first kappa shape index (κ1) is 24.2. The monoisotopic (exact) mass is 493 g/mol. The number of azo groups is 2. The lowest BCUT2D eigenvalue weighted by Crippen LogP contribution is -2.07. The second kappa shape index (κ2) is 9.19. The molecule has 0 atom stereocenters. The molecular weight excluding hydrogens is 474 g/mol. The van der Waals surface area contributed by atoms with Gasteiger partial charge < -0.3 is 10.8 Å². The van der Waals surface area contributed by atoms with Gasteiger partial charge in [-0.05, 0) is 24.3 Å². The minimum absolute atomic E-state index is 0.0793. The van der Waals surface area contributed by atoms with Crippen molar-refractivity contribution < 1.29 is 30.7 Å². The fraction of sp³-hybridized carbons (Fsp3) is 0.158. The van der Waals surface area contributed by atoms with Crippen LogP contribution in [0.15, 0.2) is 67.8 Å². The van der Waals surface area contributed by atoms with Gasteiger partial charge in [0.25, 0.3) is 20.2 Å². The van der Waals surface area contributed by atoms with Crippen LogP contribution in [-0.4, -0.2) is 40.7 Å². The van der Waals surface area contributed by atoms with Crippen molar-refractivity contribution in [2.45, 2.75) is 10.6 Å². The highest BCUT2D eigenvalue weighted by atomic mass is 32.2. The Labute approximate surface area is 189 Å². The molecule has 3 aromatic rings. The number of benzene rings is 3. The van der Waals surface area contributed by atoms with Crippen molar-refractivity contribution in [2.24, 2.45) is 20.5 Å². The molecule has 0 unspecified atom stereocenters. The van der Waals surface area contributed by atoms with Gasteiger partial charge >= 0.3 is 0 Å². The molecule has 33 heavy (non-hydrogen) atoms. The zero-order valence-electron chi connectivity index (χ0n) is 17.4. The first-order valence-corrected chi connectivity index (χ1v) is 12.1. The lowest BCUT2D eigenvalue weighted by Gasteiger charge is -2.15. The first-order chi connectivity index (χ1) is 15.5. The molecule has 0 saturated heterocycles. The Morgan fingerprint density at radius 3 is 2.27 bits per heavy atom. The second-order valence-corrected chi connectivity index (χ2v) is 9.78. The third kappa shape index (κ3) is 5.14. The summed E-state index contributed by atoms with van der Waals surface area (Å²) in [5.74, 6) is -1.65. The van der Waals surface area contributed by atoms with Gasteiger partial charge in [0.05, 0.1) is 23.9 Å². The highest BCUT2D eigenvalue weighted by Crippen LogP contribution is 2.47. The van der Waals surface area contributed by atoms with Crippen LogP contribution in [0.5, 0.6) is 5.75 Å². The third-order valence-electron chi connectivity index (χ3n) is 4.49. The van der Waals surface area contributed by atoms with E-state index in [1.807, 2.05) is 0 Å². The molecule has 12 nitrogen and oxygen atoms in total. The summed E-state index contributed by atoms with van der Waals surface area (Å²) in [5, 5.41) is 26.0. The van der Waals surface area contributed by atoms with E-state index in [1.165, 1.54) is 7.05 Å². The molecule has 0 aliphatic carbocycles. The minimum atomic E-state index is -4.61. The van der Waals surface area contributed by atoms with Crippen LogP contribution in [0.2, 0.25) is 0 Å². The molecule has 14 heteroatoms. The number of hydrogen-bond donors (Lipinski definition) is 3. The SMILES string of the molecule is CN=Nc1cc(S(=O)(=O)OC)c2cc(CS(=O)(=O)O)c(N=Nc3ccccc3)c(O)c2c1N. The van der Waals surface area contributed by atoms with E-state index in [0.29, 0.717) is 5.69 Å². The highest BCUT2D eigenvalue weighted by molar-refractivity contribution is 7.87. The molecule has 0 fully saturated rings. The van der Waals surface area contributed by atoms with Crippen molar-refractivity contribution >= 4 is 53.8 Å². The molecule has 0 aromatic heterocycles. The number of anilines is 1. The molecule has 3 aromatic carbocycles. The number of nitrogen functional groups attached to an aromatic ring is 1. The van der Waals surface area contributed by atoms with E-state index < -0.39 is 36.6 Å². The van der Waals surface area contributed by atoms with Crippen LogP contribution in [0.3, 0.4) is 0 Å². The van der Waals surface area contributed by atoms with Crippen LogP contribution in [0.1, 0.15) is 5.56 Å². The molecule has 0 radical (unpaired) electrons. The summed E-state index contributed by atoms with van der Waals surface area (Å²) in [6, 6.07) is 10.6. The minimum Gasteiger partial charge on any atom is -0.505 e. The van der Waals surface area contributed by atoms with E-state index >= 15 is 0 Å². The highest BCUT2D eigenvalue weighted by Gasteiger charge is 2.27. The number of hydrogen-bond acceptors (Lipinski definition) is 11. The average Bonchev–Trinajstić information content (AvgIpc) is 2.74. The zero-order chi connectivity index (χ0) is 24.4. The Kier molecular flexibility index (Phi) is 6.73. The maximum atomic E-state index is 12.6. The molecule has 0 heterocycles. The summed E-state index contributed by atoms with van der Waals surface area (Å²) in [6.07, 6.45) is 0. The zero-order valence-corrected chi connectivity index (χ0v) is 19.0. The molecule has 0 saturated carbocycles. The predicted octanol–water partition coefficient (Wildman–Crippen LogP) is 3.98. The van der Waals surface area contributed by atoms with Gasteiger partial charge in [0.1, 0.15) is 22.0 Å². The van der Waals surface area contributed by atoms with E-state index in [1.54, 1.807) is 30.3 Å². The van der Waals surface area contributed by atoms with Crippen LogP contribution in [0, 0.1) is 0 Å². The quantitative estimate of drug-likeness (QED) is 0.190. The second-order valence-electron chi connectivity index (χ2n) is 6.65. The molecule has 0 aliphatic heterocycles. The van der Waals surface area contributed by atoms with Crippen molar-refractivity contribution in [3.8, 4) is 5.75 Å². The van der Waals surface area contributed by atoms with Crippen molar-refractivity contribution in [3.63, 3.8) is 0 Å². The van der Waals surface area contributed by atoms with Crippen LogP contribution < -0.4 is 5.73 Å². The third-order valence-corrected chi connectivity index (χ3v) is 6.48. The van der Waals surface area contributed by atoms with Crippen molar-refractivity contribution in [3.05, 3.63) is 48.0 Å². The smallest absolute Gasteiger partial charge is 0.297 e. The Hall–Kier alpha value is -3.46. The van der Waals surface area contributed by atoms with E-state index in [0.717, 1.165) is 19.2 Å². The number of rotatable bonds is 7. The van der Waals surface area contributed by atoms with Gasteiger partial charge in [-0.15, -0.1) is 5.11 Å². The van der Waals surface area contributed by atoms with Crippen molar-refractivity contribution in [2.75, 3.05) is 19.9 Å². The van der Waals surface area contributed by atoms with Gasteiger partial charge in [0.2, 0.25) is 0 Å². The van der Waals surface area contributed by atoms with Crippen molar-refractivity contribution in [1.82, 2.24) is 0 Å². The van der Waals surface area contributed by atoms with E-state index in [-0.39, 0.29) is 33.4 Å². The van der Waals surface area contributed by atoms with E-state index in [4.69, 9.17) is 5.73 Å². The molecule has 0 spiro atoms. The topological polar surface area (TPSA) is 193 Å². The Balaban J connectivity index is 2.47. The van der Waals surface area contributed by atoms with Gasteiger partial charge in [0, 0.05) is 18.0 Å². The summed E-state index contributed by atoms with van der Waals surface area (Å²) >= 11 is 0. The molecule has 0 aliphatic rings. The average molecular weight is 494 g/mol. The Bertz CT molecular complexity index is 1490. The summed E-state index contributed by atoms with van der Waals surface area (Å²) in [6.45, 7) is 0. The van der Waals surface area contributed by atoms with Crippen LogP contribution in [-0.2, 0) is 30.2 Å². The largest absolute Gasteiger partial charge is 0.505 e. The summed E-state index contributed by atoms with van der Waals surface area (Å²) < 4.78 is 62.4. The Morgan fingerprint density at radius 1 is 1.03 bits per heavy atom.